The molecule has 0 atom stereocenters. The van der Waals surface area contributed by atoms with Crippen molar-refractivity contribution in [3.05, 3.63) is 59.7 Å². The van der Waals surface area contributed by atoms with Crippen LogP contribution in [0.4, 0.5) is 9.59 Å². The molecular formula is C18H20N2O4S4Zn. The summed E-state index contributed by atoms with van der Waals surface area (Å²) in [5.74, 6) is 0. The van der Waals surface area contributed by atoms with Crippen LogP contribution in [0.2, 0.25) is 0 Å². The first kappa shape index (κ1) is 28.0. The SMILES string of the molecule is CCc1ccccc1SSNC(=O)[O-].CCc1ccccc1SSNC(=O)[O-].[Zn+2]. The molecule has 0 spiro atoms. The largest absolute Gasteiger partial charge is 2.00 e. The number of aryl methyl sites for hydroxylation is 2. The summed E-state index contributed by atoms with van der Waals surface area (Å²) < 4.78 is 4.26. The Morgan fingerprint density at radius 2 is 1.10 bits per heavy atom. The van der Waals surface area contributed by atoms with Crippen LogP contribution in [0, 0.1) is 0 Å². The molecule has 0 aromatic heterocycles. The van der Waals surface area contributed by atoms with Crippen LogP contribution < -0.4 is 19.7 Å². The van der Waals surface area contributed by atoms with E-state index in [9.17, 15) is 19.8 Å². The number of rotatable bonds is 8. The minimum absolute atomic E-state index is 0. The maximum atomic E-state index is 10.1. The van der Waals surface area contributed by atoms with Crippen molar-refractivity contribution in [1.82, 2.24) is 9.44 Å². The van der Waals surface area contributed by atoms with Crippen molar-refractivity contribution in [2.45, 2.75) is 36.5 Å². The minimum atomic E-state index is -1.27. The van der Waals surface area contributed by atoms with Gasteiger partial charge in [-0.1, -0.05) is 50.2 Å². The molecule has 6 nitrogen and oxygen atoms in total. The second-order valence-corrected chi connectivity index (χ2v) is 8.99. The van der Waals surface area contributed by atoms with E-state index < -0.39 is 12.2 Å². The van der Waals surface area contributed by atoms with E-state index in [0.29, 0.717) is 0 Å². The number of carboxylic acid groups (broad SMARTS) is 2. The van der Waals surface area contributed by atoms with Crippen molar-refractivity contribution in [2.75, 3.05) is 0 Å². The van der Waals surface area contributed by atoms with Crippen LogP contribution in [0.5, 0.6) is 0 Å². The summed E-state index contributed by atoms with van der Waals surface area (Å²) in [6.45, 7) is 4.13. The molecule has 0 fully saturated rings. The number of benzene rings is 2. The summed E-state index contributed by atoms with van der Waals surface area (Å²) in [5.41, 5.74) is 2.43. The van der Waals surface area contributed by atoms with Crippen LogP contribution in [0.3, 0.4) is 0 Å². The smallest absolute Gasteiger partial charge is 0.529 e. The average molecular weight is 522 g/mol. The van der Waals surface area contributed by atoms with Gasteiger partial charge < -0.3 is 29.2 Å². The number of hydrogen-bond acceptors (Lipinski definition) is 8. The molecule has 0 saturated carbocycles. The van der Waals surface area contributed by atoms with Gasteiger partial charge in [-0.25, -0.2) is 0 Å². The molecule has 152 valence electrons. The van der Waals surface area contributed by atoms with Crippen LogP contribution >= 0.6 is 43.5 Å². The number of hydrogen-bond donors (Lipinski definition) is 2. The zero-order valence-corrected chi connectivity index (χ0v) is 22.2. The standard InChI is InChI=1S/2C9H11NO2S2.Zn/c2*1-2-7-5-3-4-6-8(7)13-14-10-9(11)12;/h2*3-6,10H,2H2,1H3,(H,11,12);/q;;+2/p-2. The number of carbonyl (C=O) groups is 2. The fourth-order valence-electron chi connectivity index (χ4n) is 1.95. The average Bonchev–Trinajstić information content (AvgIpc) is 2.68. The third-order valence-electron chi connectivity index (χ3n) is 3.22. The van der Waals surface area contributed by atoms with Gasteiger partial charge in [-0.3, -0.25) is 0 Å². The zero-order valence-electron chi connectivity index (χ0n) is 16.0. The van der Waals surface area contributed by atoms with Gasteiger partial charge in [0.05, 0.1) is 0 Å². The van der Waals surface area contributed by atoms with Crippen LogP contribution in [-0.4, -0.2) is 12.2 Å². The monoisotopic (exact) mass is 520 g/mol. The van der Waals surface area contributed by atoms with Gasteiger partial charge in [0.25, 0.3) is 0 Å². The maximum Gasteiger partial charge on any atom is 2.00 e. The van der Waals surface area contributed by atoms with Crippen LogP contribution in [-0.2, 0) is 32.3 Å². The molecule has 2 aromatic carbocycles. The van der Waals surface area contributed by atoms with E-state index in [1.54, 1.807) is 0 Å². The Bertz CT molecular complexity index is 705. The van der Waals surface area contributed by atoms with Gasteiger partial charge in [0, 0.05) is 31.8 Å². The van der Waals surface area contributed by atoms with Gasteiger partial charge in [-0.2, -0.15) is 0 Å². The van der Waals surface area contributed by atoms with Crippen LogP contribution in [0.1, 0.15) is 25.0 Å². The molecular weight excluding hydrogens is 502 g/mol. The Morgan fingerprint density at radius 3 is 1.41 bits per heavy atom. The summed E-state index contributed by atoms with van der Waals surface area (Å²) in [5, 5.41) is 20.2. The van der Waals surface area contributed by atoms with E-state index in [1.807, 2.05) is 48.5 Å². The minimum Gasteiger partial charge on any atom is -0.529 e. The maximum absolute atomic E-state index is 10.1. The van der Waals surface area contributed by atoms with E-state index in [0.717, 1.165) is 44.6 Å². The fraction of sp³-hybridized carbons (Fsp3) is 0.222. The van der Waals surface area contributed by atoms with Crippen LogP contribution in [0.15, 0.2) is 58.3 Å². The van der Waals surface area contributed by atoms with Crippen molar-refractivity contribution >= 4 is 55.7 Å². The third-order valence-corrected chi connectivity index (χ3v) is 7.12. The Hall–Kier alpha value is -0.997. The van der Waals surface area contributed by atoms with Crippen LogP contribution in [0.25, 0.3) is 0 Å². The molecule has 0 unspecified atom stereocenters. The van der Waals surface area contributed by atoms with E-state index in [1.165, 1.54) is 32.7 Å². The normalized spacial score (nSPS) is 9.45. The fourth-order valence-corrected chi connectivity index (χ4v) is 5.43. The predicted molar refractivity (Wildman–Crippen MR) is 116 cm³/mol. The summed E-state index contributed by atoms with van der Waals surface area (Å²) in [6.07, 6.45) is -0.655. The molecule has 2 amide bonds. The van der Waals surface area contributed by atoms with E-state index in [4.69, 9.17) is 0 Å². The second kappa shape index (κ2) is 16.8. The molecule has 2 N–H and O–H groups in total. The number of amides is 2. The van der Waals surface area contributed by atoms with E-state index >= 15 is 0 Å². The van der Waals surface area contributed by atoms with Gasteiger partial charge in [0.15, 0.2) is 0 Å². The summed E-state index contributed by atoms with van der Waals surface area (Å²) in [7, 11) is 4.87. The molecule has 0 aliphatic heterocycles. The molecule has 0 saturated heterocycles. The molecule has 29 heavy (non-hydrogen) atoms. The Kier molecular flexibility index (Phi) is 16.2. The number of carbonyl (C=O) groups excluding carboxylic acids is 2. The third kappa shape index (κ3) is 12.3. The van der Waals surface area contributed by atoms with Gasteiger partial charge in [0.2, 0.25) is 0 Å². The van der Waals surface area contributed by atoms with Crippen molar-refractivity contribution < 1.29 is 39.3 Å². The summed E-state index contributed by atoms with van der Waals surface area (Å²) >= 11 is 0. The first-order valence-corrected chi connectivity index (χ1v) is 12.5. The Morgan fingerprint density at radius 1 is 0.759 bits per heavy atom. The molecule has 0 aliphatic carbocycles. The first-order chi connectivity index (χ1) is 13.5. The summed E-state index contributed by atoms with van der Waals surface area (Å²) in [6, 6.07) is 15.8. The quantitative estimate of drug-likeness (QED) is 0.308. The molecule has 11 heteroatoms. The van der Waals surface area contributed by atoms with Crippen molar-refractivity contribution in [2.24, 2.45) is 0 Å². The van der Waals surface area contributed by atoms with Gasteiger partial charge >= 0.3 is 19.5 Å². The van der Waals surface area contributed by atoms with Crippen molar-refractivity contribution in [3.63, 3.8) is 0 Å². The van der Waals surface area contributed by atoms with Gasteiger partial charge in [-0.05, 0) is 57.7 Å². The Labute approximate surface area is 199 Å². The molecule has 0 heterocycles. The molecule has 2 rings (SSSR count). The number of nitrogens with one attached hydrogen (secondary N) is 2. The Balaban J connectivity index is 0.000000523. The van der Waals surface area contributed by atoms with Gasteiger partial charge in [0.1, 0.15) is 12.2 Å². The topological polar surface area (TPSA) is 104 Å². The molecule has 0 aliphatic rings. The van der Waals surface area contributed by atoms with E-state index in [2.05, 4.69) is 23.3 Å². The van der Waals surface area contributed by atoms with E-state index in [-0.39, 0.29) is 19.5 Å². The summed E-state index contributed by atoms with van der Waals surface area (Å²) in [4.78, 5) is 22.3. The zero-order chi connectivity index (χ0) is 20.8. The molecule has 0 radical (unpaired) electrons. The first-order valence-electron chi connectivity index (χ1n) is 8.24. The van der Waals surface area contributed by atoms with Crippen molar-refractivity contribution in [3.8, 4) is 0 Å². The second-order valence-electron chi connectivity index (χ2n) is 5.03. The molecule has 0 bridgehead atoms. The van der Waals surface area contributed by atoms with Gasteiger partial charge in [-0.15, -0.1) is 0 Å². The van der Waals surface area contributed by atoms with Crippen molar-refractivity contribution in [1.29, 1.82) is 0 Å². The molecule has 2 aromatic rings. The predicted octanol–water partition coefficient (Wildman–Crippen LogP) is 3.67.